The first-order valence-corrected chi connectivity index (χ1v) is 8.76. The molecule has 24 heavy (non-hydrogen) atoms. The van der Waals surface area contributed by atoms with E-state index in [1.165, 1.54) is 0 Å². The summed E-state index contributed by atoms with van der Waals surface area (Å²) >= 11 is 0. The van der Waals surface area contributed by atoms with E-state index < -0.39 is 32.1 Å². The van der Waals surface area contributed by atoms with E-state index in [1.54, 1.807) is 56.3 Å². The zero-order valence-electron chi connectivity index (χ0n) is 13.5. The Morgan fingerprint density at radius 1 is 1.29 bits per heavy atom. The summed E-state index contributed by atoms with van der Waals surface area (Å²) in [6, 6.07) is 8.57. The number of hydrogen-bond donors (Lipinski definition) is 0. The molecule has 0 aliphatic rings. The molecule has 0 spiro atoms. The maximum atomic E-state index is 13.0. The minimum Gasteiger partial charge on any atom is -0.468 e. The number of carbonyl (C=O) groups is 1. The molecule has 0 fully saturated rings. The summed E-state index contributed by atoms with van der Waals surface area (Å²) < 4.78 is 31.8. The summed E-state index contributed by atoms with van der Waals surface area (Å²) in [6.45, 7) is 3.36. The number of benzene rings is 1. The number of hydrogen-bond acceptors (Lipinski definition) is 7. The van der Waals surface area contributed by atoms with Gasteiger partial charge in [0.2, 0.25) is 9.84 Å². The molecule has 8 nitrogen and oxygen atoms in total. The summed E-state index contributed by atoms with van der Waals surface area (Å²) in [6.07, 6.45) is 3.30. The third-order valence-corrected chi connectivity index (χ3v) is 5.49. The van der Waals surface area contributed by atoms with Gasteiger partial charge in [-0.3, -0.25) is 4.79 Å². The Labute approximate surface area is 140 Å². The van der Waals surface area contributed by atoms with Crippen LogP contribution in [0.25, 0.3) is 5.69 Å². The number of sulfone groups is 1. The fourth-order valence-electron chi connectivity index (χ4n) is 2.35. The molecule has 9 heteroatoms. The van der Waals surface area contributed by atoms with Crippen molar-refractivity contribution in [3.8, 4) is 5.69 Å². The average molecular weight is 350 g/mol. The Kier molecular flexibility index (Phi) is 5.45. The van der Waals surface area contributed by atoms with Gasteiger partial charge in [0.25, 0.3) is 5.16 Å². The van der Waals surface area contributed by atoms with Gasteiger partial charge in [-0.05, 0) is 29.5 Å². The van der Waals surface area contributed by atoms with E-state index in [1.807, 2.05) is 0 Å². The van der Waals surface area contributed by atoms with Gasteiger partial charge >= 0.3 is 5.97 Å². The van der Waals surface area contributed by atoms with Crippen LogP contribution in [0.1, 0.15) is 13.8 Å². The van der Waals surface area contributed by atoms with Gasteiger partial charge in [0.05, 0.1) is 12.8 Å². The van der Waals surface area contributed by atoms with Gasteiger partial charge in [0, 0.05) is 5.92 Å². The highest BCUT2D eigenvalue weighted by molar-refractivity contribution is 7.92. The van der Waals surface area contributed by atoms with E-state index in [2.05, 4.69) is 20.3 Å². The smallest absolute Gasteiger partial charge is 0.325 e. The second-order valence-electron chi connectivity index (χ2n) is 5.08. The van der Waals surface area contributed by atoms with Gasteiger partial charge in [-0.15, -0.1) is 0 Å². The number of ether oxygens (including phenoxy) is 1. The Morgan fingerprint density at radius 2 is 1.96 bits per heavy atom. The van der Waals surface area contributed by atoms with E-state index in [-0.39, 0.29) is 0 Å². The summed E-state index contributed by atoms with van der Waals surface area (Å²) in [5, 5.41) is 8.97. The Bertz CT molecular complexity index is 830. The van der Waals surface area contributed by atoms with Gasteiger partial charge in [-0.2, -0.15) is 4.68 Å². The lowest BCUT2D eigenvalue weighted by molar-refractivity contribution is -0.140. The summed E-state index contributed by atoms with van der Waals surface area (Å²) in [4.78, 5) is 12.1. The molecule has 1 aromatic heterocycles. The van der Waals surface area contributed by atoms with Crippen molar-refractivity contribution in [1.82, 2.24) is 20.2 Å². The second-order valence-corrected chi connectivity index (χ2v) is 7.05. The zero-order chi connectivity index (χ0) is 17.7. The van der Waals surface area contributed by atoms with Crippen LogP contribution in [-0.2, 0) is 19.4 Å². The van der Waals surface area contributed by atoms with Crippen LogP contribution in [0.5, 0.6) is 0 Å². The lowest BCUT2D eigenvalue weighted by Gasteiger charge is -2.18. The topological polar surface area (TPSA) is 104 Å². The van der Waals surface area contributed by atoms with Crippen molar-refractivity contribution in [2.75, 3.05) is 7.11 Å². The van der Waals surface area contributed by atoms with Crippen LogP contribution >= 0.6 is 0 Å². The monoisotopic (exact) mass is 350 g/mol. The minimum atomic E-state index is -4.17. The minimum absolute atomic E-state index is 0.402. The van der Waals surface area contributed by atoms with Crippen LogP contribution in [-0.4, -0.2) is 47.0 Å². The van der Waals surface area contributed by atoms with Crippen LogP contribution in [0.2, 0.25) is 0 Å². The first-order chi connectivity index (χ1) is 11.4. The van der Waals surface area contributed by atoms with Crippen molar-refractivity contribution in [3.05, 3.63) is 42.5 Å². The highest BCUT2D eigenvalue weighted by Crippen LogP contribution is 2.23. The van der Waals surface area contributed by atoms with E-state index >= 15 is 0 Å². The molecule has 0 saturated heterocycles. The number of methoxy groups -OCH3 is 1. The zero-order valence-corrected chi connectivity index (χ0v) is 14.3. The molecule has 2 atom stereocenters. The van der Waals surface area contributed by atoms with Gasteiger partial charge < -0.3 is 4.74 Å². The third kappa shape index (κ3) is 3.35. The largest absolute Gasteiger partial charge is 0.468 e. The Balaban J connectivity index is 2.57. The first-order valence-electron chi connectivity index (χ1n) is 7.21. The number of aromatic nitrogens is 4. The Morgan fingerprint density at radius 3 is 2.54 bits per heavy atom. The molecule has 1 aromatic carbocycles. The number of allylic oxidation sites excluding steroid dienone is 2. The lowest BCUT2D eigenvalue weighted by atomic mass is 10.1. The summed E-state index contributed by atoms with van der Waals surface area (Å²) in [5.74, 6) is -1.46. The predicted octanol–water partition coefficient (Wildman–Crippen LogP) is 1.19. The number of esters is 1. The van der Waals surface area contributed by atoms with Gasteiger partial charge in [0.1, 0.15) is 0 Å². The van der Waals surface area contributed by atoms with Gasteiger partial charge in [-0.25, -0.2) is 8.42 Å². The van der Waals surface area contributed by atoms with Crippen molar-refractivity contribution in [2.45, 2.75) is 24.3 Å². The Hall–Kier alpha value is -2.55. The molecule has 2 aromatic rings. The van der Waals surface area contributed by atoms with Crippen LogP contribution in [0, 0.1) is 5.92 Å². The molecule has 0 bridgehead atoms. The summed E-state index contributed by atoms with van der Waals surface area (Å²) in [7, 11) is -3.02. The number of carbonyl (C=O) groups excluding carboxylic acids is 1. The van der Waals surface area contributed by atoms with Crippen molar-refractivity contribution >= 4 is 15.8 Å². The molecule has 2 rings (SSSR count). The molecule has 0 radical (unpaired) electrons. The van der Waals surface area contributed by atoms with Crippen molar-refractivity contribution in [3.63, 3.8) is 0 Å². The molecule has 0 N–H and O–H groups in total. The first kappa shape index (κ1) is 17.8. The average Bonchev–Trinajstić information content (AvgIpc) is 3.06. The molecule has 0 saturated carbocycles. The van der Waals surface area contributed by atoms with Crippen molar-refractivity contribution < 1.29 is 17.9 Å². The third-order valence-electron chi connectivity index (χ3n) is 3.44. The molecular formula is C15H18N4O4S. The van der Waals surface area contributed by atoms with Gasteiger partial charge in [0.15, 0.2) is 5.25 Å². The standard InChI is InChI=1S/C15H18N4O4S/c1-4-8-11(2)13(14(20)23-3)24(21,22)15-16-17-18-19(15)12-9-6-5-7-10-12/h4-11,13H,1-3H3/b8-4+/t11-,13?/m1/s1. The maximum Gasteiger partial charge on any atom is 0.325 e. The highest BCUT2D eigenvalue weighted by Gasteiger charge is 2.42. The number of rotatable bonds is 6. The van der Waals surface area contributed by atoms with Crippen molar-refractivity contribution in [1.29, 1.82) is 0 Å². The van der Waals surface area contributed by atoms with Gasteiger partial charge in [-0.1, -0.05) is 42.4 Å². The number of para-hydroxylation sites is 1. The molecule has 0 aliphatic heterocycles. The fraction of sp³-hybridized carbons (Fsp3) is 0.333. The SMILES string of the molecule is C/C=C/[C@@H](C)C(C(=O)OC)S(=O)(=O)c1nnnn1-c1ccccc1. The molecule has 0 amide bonds. The van der Waals surface area contributed by atoms with Crippen LogP contribution < -0.4 is 0 Å². The molecule has 128 valence electrons. The molecule has 0 aliphatic carbocycles. The highest BCUT2D eigenvalue weighted by atomic mass is 32.2. The predicted molar refractivity (Wildman–Crippen MR) is 86.1 cm³/mol. The van der Waals surface area contributed by atoms with Crippen LogP contribution in [0.4, 0.5) is 0 Å². The van der Waals surface area contributed by atoms with E-state index in [9.17, 15) is 13.2 Å². The van der Waals surface area contributed by atoms with E-state index in [0.29, 0.717) is 5.69 Å². The van der Waals surface area contributed by atoms with Crippen LogP contribution in [0.15, 0.2) is 47.6 Å². The second kappa shape index (κ2) is 7.35. The fourth-order valence-corrected chi connectivity index (χ4v) is 4.11. The quantitative estimate of drug-likeness (QED) is 0.569. The van der Waals surface area contributed by atoms with Crippen LogP contribution in [0.3, 0.4) is 0 Å². The number of tetrazole rings is 1. The lowest BCUT2D eigenvalue weighted by Crippen LogP contribution is -2.37. The molecule has 1 unspecified atom stereocenters. The van der Waals surface area contributed by atoms with Crippen molar-refractivity contribution in [2.24, 2.45) is 5.92 Å². The van der Waals surface area contributed by atoms with E-state index in [0.717, 1.165) is 11.8 Å². The summed E-state index contributed by atoms with van der Waals surface area (Å²) in [5.41, 5.74) is 0.475. The number of nitrogens with zero attached hydrogens (tertiary/aromatic N) is 4. The molecule has 1 heterocycles. The van der Waals surface area contributed by atoms with E-state index in [4.69, 9.17) is 0 Å². The maximum absolute atomic E-state index is 13.0. The normalized spacial score (nSPS) is 14.5. The molecular weight excluding hydrogens is 332 g/mol.